The Bertz CT molecular complexity index is 419. The molecule has 0 saturated heterocycles. The second-order valence-corrected chi connectivity index (χ2v) is 7.32. The van der Waals surface area contributed by atoms with Gasteiger partial charge in [-0.1, -0.05) is 25.7 Å². The summed E-state index contributed by atoms with van der Waals surface area (Å²) in [5.74, 6) is -0.780. The van der Waals surface area contributed by atoms with Gasteiger partial charge in [-0.2, -0.15) is 0 Å². The fraction of sp³-hybridized carbons (Fsp3) is 0.643. The maximum Gasteiger partial charge on any atom is 0.326 e. The molecular weight excluding hydrogens is 326 g/mol. The van der Waals surface area contributed by atoms with E-state index in [1.54, 1.807) is 11.3 Å². The van der Waals surface area contributed by atoms with Crippen molar-refractivity contribution in [1.29, 1.82) is 0 Å². The van der Waals surface area contributed by atoms with E-state index in [-0.39, 0.29) is 0 Å². The number of halogens is 1. The number of hydrogen-bond acceptors (Lipinski definition) is 3. The highest BCUT2D eigenvalue weighted by Gasteiger charge is 2.25. The van der Waals surface area contributed by atoms with Gasteiger partial charge in [0, 0.05) is 20.3 Å². The molecule has 106 valence electrons. The Balaban J connectivity index is 2.09. The summed E-state index contributed by atoms with van der Waals surface area (Å²) in [7, 11) is 0. The van der Waals surface area contributed by atoms with Gasteiger partial charge < -0.3 is 5.11 Å². The standard InChI is InChI=1S/C14H20BrNO2S/c1-9-11(15)8-12(19-9)13(14(17)18)16-10-6-4-2-3-5-7-10/h8,10,13,16H,2-7H2,1H3,(H,17,18). The second-order valence-electron chi connectivity index (χ2n) is 5.18. The van der Waals surface area contributed by atoms with Crippen LogP contribution >= 0.6 is 27.3 Å². The van der Waals surface area contributed by atoms with E-state index in [1.807, 2.05) is 13.0 Å². The number of thiophene rings is 1. The molecule has 1 heterocycles. The van der Waals surface area contributed by atoms with Gasteiger partial charge in [0.1, 0.15) is 6.04 Å². The van der Waals surface area contributed by atoms with Crippen molar-refractivity contribution in [3.63, 3.8) is 0 Å². The first-order valence-electron chi connectivity index (χ1n) is 6.82. The predicted molar refractivity (Wildman–Crippen MR) is 81.8 cm³/mol. The molecule has 1 aromatic rings. The van der Waals surface area contributed by atoms with E-state index in [9.17, 15) is 9.90 Å². The quantitative estimate of drug-likeness (QED) is 0.801. The Labute approximate surface area is 126 Å². The number of carbonyl (C=O) groups is 1. The number of carboxylic acid groups (broad SMARTS) is 1. The van der Waals surface area contributed by atoms with Crippen LogP contribution in [-0.2, 0) is 4.79 Å². The lowest BCUT2D eigenvalue weighted by Gasteiger charge is -2.21. The van der Waals surface area contributed by atoms with Crippen LogP contribution in [0.4, 0.5) is 0 Å². The minimum atomic E-state index is -0.780. The van der Waals surface area contributed by atoms with Crippen molar-refractivity contribution in [1.82, 2.24) is 5.32 Å². The molecule has 5 heteroatoms. The highest BCUT2D eigenvalue weighted by atomic mass is 79.9. The summed E-state index contributed by atoms with van der Waals surface area (Å²) in [6.45, 7) is 2.00. The van der Waals surface area contributed by atoms with E-state index in [0.29, 0.717) is 6.04 Å². The normalized spacial score (nSPS) is 19.1. The topological polar surface area (TPSA) is 49.3 Å². The Morgan fingerprint density at radius 3 is 2.53 bits per heavy atom. The SMILES string of the molecule is Cc1sc(C(NC2CCCCCC2)C(=O)O)cc1Br. The molecule has 1 fully saturated rings. The summed E-state index contributed by atoms with van der Waals surface area (Å²) in [5, 5.41) is 12.8. The first kappa shape index (κ1) is 15.0. The van der Waals surface area contributed by atoms with Crippen molar-refractivity contribution in [3.05, 3.63) is 20.3 Å². The van der Waals surface area contributed by atoms with E-state index in [2.05, 4.69) is 21.2 Å². The van der Waals surface area contributed by atoms with Crippen molar-refractivity contribution in [2.24, 2.45) is 0 Å². The van der Waals surface area contributed by atoms with E-state index < -0.39 is 12.0 Å². The average Bonchev–Trinajstić information content (AvgIpc) is 2.58. The monoisotopic (exact) mass is 345 g/mol. The molecule has 1 aliphatic rings. The van der Waals surface area contributed by atoms with Gasteiger partial charge in [-0.15, -0.1) is 11.3 Å². The molecule has 1 atom stereocenters. The van der Waals surface area contributed by atoms with E-state index >= 15 is 0 Å². The molecule has 0 spiro atoms. The fourth-order valence-electron chi connectivity index (χ4n) is 2.58. The number of rotatable bonds is 4. The number of hydrogen-bond donors (Lipinski definition) is 2. The van der Waals surface area contributed by atoms with Crippen LogP contribution in [0, 0.1) is 6.92 Å². The third-order valence-corrected chi connectivity index (χ3v) is 5.87. The Morgan fingerprint density at radius 2 is 2.05 bits per heavy atom. The van der Waals surface area contributed by atoms with Crippen LogP contribution in [0.25, 0.3) is 0 Å². The van der Waals surface area contributed by atoms with Crippen LogP contribution in [0.5, 0.6) is 0 Å². The van der Waals surface area contributed by atoms with E-state index in [1.165, 1.54) is 25.7 Å². The molecule has 0 amide bonds. The highest BCUT2D eigenvalue weighted by Crippen LogP contribution is 2.31. The van der Waals surface area contributed by atoms with Gasteiger partial charge in [0.15, 0.2) is 0 Å². The summed E-state index contributed by atoms with van der Waals surface area (Å²) in [5.41, 5.74) is 0. The molecular formula is C14H20BrNO2S. The molecule has 1 saturated carbocycles. The van der Waals surface area contributed by atoms with Crippen LogP contribution < -0.4 is 5.32 Å². The molecule has 19 heavy (non-hydrogen) atoms. The maximum absolute atomic E-state index is 11.5. The average molecular weight is 346 g/mol. The predicted octanol–water partition coefficient (Wildman–Crippen LogP) is 4.26. The first-order valence-corrected chi connectivity index (χ1v) is 8.43. The molecule has 3 nitrogen and oxygen atoms in total. The van der Waals surface area contributed by atoms with E-state index in [4.69, 9.17) is 0 Å². The second kappa shape index (κ2) is 6.86. The van der Waals surface area contributed by atoms with Crippen molar-refractivity contribution >= 4 is 33.2 Å². The number of aryl methyl sites for hydroxylation is 1. The van der Waals surface area contributed by atoms with Crippen LogP contribution in [0.1, 0.15) is 54.3 Å². The van der Waals surface area contributed by atoms with Gasteiger partial charge in [0.05, 0.1) is 0 Å². The fourth-order valence-corrected chi connectivity index (χ4v) is 4.20. The molecule has 0 radical (unpaired) electrons. The third kappa shape index (κ3) is 4.04. The maximum atomic E-state index is 11.5. The summed E-state index contributed by atoms with van der Waals surface area (Å²) in [6.07, 6.45) is 7.15. The lowest BCUT2D eigenvalue weighted by Crippen LogP contribution is -2.36. The lowest BCUT2D eigenvalue weighted by molar-refractivity contribution is -0.139. The summed E-state index contributed by atoms with van der Waals surface area (Å²) in [4.78, 5) is 13.5. The molecule has 0 bridgehead atoms. The van der Waals surface area contributed by atoms with Crippen LogP contribution in [0.2, 0.25) is 0 Å². The van der Waals surface area contributed by atoms with Crippen molar-refractivity contribution < 1.29 is 9.90 Å². The first-order chi connectivity index (χ1) is 9.08. The van der Waals surface area contributed by atoms with Crippen LogP contribution in [0.15, 0.2) is 10.5 Å². The molecule has 2 rings (SSSR count). The van der Waals surface area contributed by atoms with Crippen molar-refractivity contribution in [2.45, 2.75) is 57.5 Å². The molecule has 0 aromatic carbocycles. The zero-order chi connectivity index (χ0) is 13.8. The molecule has 1 aliphatic carbocycles. The highest BCUT2D eigenvalue weighted by molar-refractivity contribution is 9.10. The zero-order valence-electron chi connectivity index (χ0n) is 11.1. The van der Waals surface area contributed by atoms with Gasteiger partial charge in [-0.25, -0.2) is 0 Å². The van der Waals surface area contributed by atoms with Crippen LogP contribution in [-0.4, -0.2) is 17.1 Å². The summed E-state index contributed by atoms with van der Waals surface area (Å²) in [6, 6.07) is 1.70. The van der Waals surface area contributed by atoms with Gasteiger partial charge in [-0.05, 0) is 41.8 Å². The van der Waals surface area contributed by atoms with Crippen LogP contribution in [0.3, 0.4) is 0 Å². The Morgan fingerprint density at radius 1 is 1.42 bits per heavy atom. The Kier molecular flexibility index (Phi) is 5.42. The molecule has 1 aromatic heterocycles. The molecule has 0 aliphatic heterocycles. The smallest absolute Gasteiger partial charge is 0.326 e. The Hall–Kier alpha value is -0.390. The lowest BCUT2D eigenvalue weighted by atomic mass is 10.1. The minimum absolute atomic E-state index is 0.338. The largest absolute Gasteiger partial charge is 0.480 e. The minimum Gasteiger partial charge on any atom is -0.480 e. The third-order valence-electron chi connectivity index (χ3n) is 3.67. The van der Waals surface area contributed by atoms with Gasteiger partial charge in [0.25, 0.3) is 0 Å². The molecule has 2 N–H and O–H groups in total. The van der Waals surface area contributed by atoms with Crippen molar-refractivity contribution in [2.75, 3.05) is 0 Å². The zero-order valence-corrected chi connectivity index (χ0v) is 13.5. The van der Waals surface area contributed by atoms with Crippen molar-refractivity contribution in [3.8, 4) is 0 Å². The number of aliphatic carboxylic acids is 1. The number of nitrogens with one attached hydrogen (secondary N) is 1. The molecule has 1 unspecified atom stereocenters. The summed E-state index contributed by atoms with van der Waals surface area (Å²) < 4.78 is 1.00. The van der Waals surface area contributed by atoms with Gasteiger partial charge in [-0.3, -0.25) is 10.1 Å². The van der Waals surface area contributed by atoms with Gasteiger partial charge in [0.2, 0.25) is 0 Å². The van der Waals surface area contributed by atoms with E-state index in [0.717, 1.165) is 27.1 Å². The van der Waals surface area contributed by atoms with Gasteiger partial charge >= 0.3 is 5.97 Å². The summed E-state index contributed by atoms with van der Waals surface area (Å²) >= 11 is 5.02. The number of carboxylic acids is 1.